The van der Waals surface area contributed by atoms with E-state index in [-0.39, 0.29) is 11.2 Å². The number of unbranched alkanes of at least 4 members (excludes halogenated alkanes) is 1. The Morgan fingerprint density at radius 3 is 2.60 bits per heavy atom. The quantitative estimate of drug-likeness (QED) is 0.577. The Balaban J connectivity index is 2.27. The van der Waals surface area contributed by atoms with Crippen molar-refractivity contribution in [3.8, 4) is 0 Å². The molecule has 0 bridgehead atoms. The Bertz CT molecular complexity index is 242. The highest BCUT2D eigenvalue weighted by Gasteiger charge is 2.35. The molecule has 0 amide bonds. The van der Waals surface area contributed by atoms with Gasteiger partial charge in [0.15, 0.2) is 0 Å². The lowest BCUT2D eigenvalue weighted by Crippen LogP contribution is -2.19. The molecule has 0 aromatic heterocycles. The summed E-state index contributed by atoms with van der Waals surface area (Å²) in [6.07, 6.45) is 3.04. The van der Waals surface area contributed by atoms with E-state index in [2.05, 4.69) is 0 Å². The van der Waals surface area contributed by atoms with E-state index in [4.69, 9.17) is 9.84 Å². The molecule has 0 aromatic carbocycles. The van der Waals surface area contributed by atoms with Gasteiger partial charge < -0.3 is 9.84 Å². The number of hydrogen-bond donors (Lipinski definition) is 1. The van der Waals surface area contributed by atoms with Gasteiger partial charge in [-0.1, -0.05) is 13.3 Å². The Morgan fingerprint density at radius 1 is 1.40 bits per heavy atom. The number of carbonyl (C=O) groups excluding carboxylic acids is 1. The average molecular weight is 232 g/mol. The molecule has 1 aliphatic heterocycles. The molecule has 0 saturated carbocycles. The molecule has 2 unspecified atom stereocenters. The van der Waals surface area contributed by atoms with Crippen LogP contribution in [-0.2, 0) is 14.3 Å². The molecule has 1 aliphatic rings. The molecular formula is C10H16O4S. The van der Waals surface area contributed by atoms with Crippen LogP contribution in [0.15, 0.2) is 0 Å². The third-order valence-corrected chi connectivity index (χ3v) is 3.82. The summed E-state index contributed by atoms with van der Waals surface area (Å²) in [7, 11) is 0. The van der Waals surface area contributed by atoms with E-state index in [1.54, 1.807) is 0 Å². The van der Waals surface area contributed by atoms with Crippen LogP contribution in [0.2, 0.25) is 0 Å². The molecular weight excluding hydrogens is 216 g/mol. The van der Waals surface area contributed by atoms with E-state index in [1.807, 2.05) is 6.92 Å². The van der Waals surface area contributed by atoms with Gasteiger partial charge in [-0.3, -0.25) is 9.59 Å². The molecule has 86 valence electrons. The minimum absolute atomic E-state index is 0.253. The van der Waals surface area contributed by atoms with Gasteiger partial charge in [-0.25, -0.2) is 0 Å². The minimum atomic E-state index is -0.830. The van der Waals surface area contributed by atoms with Crippen LogP contribution in [0, 0.1) is 0 Å². The number of carbonyl (C=O) groups is 2. The normalized spacial score (nSPS) is 25.1. The summed E-state index contributed by atoms with van der Waals surface area (Å²) in [4.78, 5) is 22.1. The lowest BCUT2D eigenvalue weighted by molar-refractivity contribution is -0.143. The number of esters is 1. The van der Waals surface area contributed by atoms with E-state index >= 15 is 0 Å². The van der Waals surface area contributed by atoms with Crippen molar-refractivity contribution < 1.29 is 19.4 Å². The van der Waals surface area contributed by atoms with Crippen LogP contribution in [0.3, 0.4) is 0 Å². The Morgan fingerprint density at radius 2 is 2.07 bits per heavy atom. The van der Waals surface area contributed by atoms with Crippen molar-refractivity contribution in [2.45, 2.75) is 43.1 Å². The topological polar surface area (TPSA) is 63.6 Å². The van der Waals surface area contributed by atoms with Gasteiger partial charge in [0.1, 0.15) is 10.5 Å². The van der Waals surface area contributed by atoms with Gasteiger partial charge in [0.25, 0.3) is 0 Å². The number of thioether (sulfide) groups is 1. The molecule has 0 aromatic rings. The largest absolute Gasteiger partial charge is 0.480 e. The van der Waals surface area contributed by atoms with Gasteiger partial charge in [-0.05, 0) is 19.3 Å². The number of carboxylic acids is 1. The van der Waals surface area contributed by atoms with Crippen molar-refractivity contribution in [2.24, 2.45) is 0 Å². The Labute approximate surface area is 93.4 Å². The molecule has 2 atom stereocenters. The van der Waals surface area contributed by atoms with Crippen molar-refractivity contribution in [1.82, 2.24) is 0 Å². The molecule has 1 fully saturated rings. The number of hydrogen-bond acceptors (Lipinski definition) is 4. The summed E-state index contributed by atoms with van der Waals surface area (Å²) in [6, 6.07) is 0. The fourth-order valence-electron chi connectivity index (χ4n) is 1.40. The number of ether oxygens (including phenoxy) is 1. The first-order valence-corrected chi connectivity index (χ1v) is 6.14. The monoisotopic (exact) mass is 232 g/mol. The second-order valence-electron chi connectivity index (χ2n) is 3.55. The van der Waals surface area contributed by atoms with Crippen molar-refractivity contribution >= 4 is 23.7 Å². The van der Waals surface area contributed by atoms with Gasteiger partial charge in [0.2, 0.25) is 0 Å². The summed E-state index contributed by atoms with van der Waals surface area (Å²) in [5.41, 5.74) is 0. The summed E-state index contributed by atoms with van der Waals surface area (Å²) < 4.78 is 5.04. The van der Waals surface area contributed by atoms with Crippen molar-refractivity contribution in [1.29, 1.82) is 0 Å². The van der Waals surface area contributed by atoms with Gasteiger partial charge in [0, 0.05) is 0 Å². The van der Waals surface area contributed by atoms with Crippen LogP contribution < -0.4 is 0 Å². The maximum Gasteiger partial charge on any atom is 0.319 e. The Hall–Kier alpha value is -0.710. The lowest BCUT2D eigenvalue weighted by Gasteiger charge is -2.09. The average Bonchev–Trinajstić information content (AvgIpc) is 2.66. The van der Waals surface area contributed by atoms with Crippen molar-refractivity contribution in [3.63, 3.8) is 0 Å². The van der Waals surface area contributed by atoms with Crippen LogP contribution in [0.1, 0.15) is 32.6 Å². The smallest absolute Gasteiger partial charge is 0.319 e. The van der Waals surface area contributed by atoms with Crippen LogP contribution >= 0.6 is 11.8 Å². The van der Waals surface area contributed by atoms with Gasteiger partial charge in [-0.15, -0.1) is 11.8 Å². The molecule has 5 heteroatoms. The molecule has 4 nitrogen and oxygen atoms in total. The van der Waals surface area contributed by atoms with Crippen LogP contribution in [-0.4, -0.2) is 34.2 Å². The molecule has 0 spiro atoms. The molecule has 1 saturated heterocycles. The summed E-state index contributed by atoms with van der Waals surface area (Å²) in [6.45, 7) is 2.47. The van der Waals surface area contributed by atoms with E-state index in [1.165, 1.54) is 11.8 Å². The van der Waals surface area contributed by atoms with Crippen LogP contribution in [0.25, 0.3) is 0 Å². The Kier molecular flexibility index (Phi) is 4.94. The van der Waals surface area contributed by atoms with Gasteiger partial charge in [-0.2, -0.15) is 0 Å². The van der Waals surface area contributed by atoms with Crippen molar-refractivity contribution in [2.75, 3.05) is 6.61 Å². The maximum absolute atomic E-state index is 11.5. The first kappa shape index (κ1) is 12.4. The predicted molar refractivity (Wildman–Crippen MR) is 57.9 cm³/mol. The second-order valence-corrected chi connectivity index (χ2v) is 4.96. The van der Waals surface area contributed by atoms with E-state index < -0.39 is 11.2 Å². The van der Waals surface area contributed by atoms with Gasteiger partial charge in [0.05, 0.1) is 6.61 Å². The summed E-state index contributed by atoms with van der Waals surface area (Å²) in [5, 5.41) is 8.04. The van der Waals surface area contributed by atoms with Gasteiger partial charge >= 0.3 is 11.9 Å². The second kappa shape index (κ2) is 6.00. The van der Waals surface area contributed by atoms with E-state index in [9.17, 15) is 9.59 Å². The third-order valence-electron chi connectivity index (χ3n) is 2.30. The minimum Gasteiger partial charge on any atom is -0.480 e. The lowest BCUT2D eigenvalue weighted by atomic mass is 10.2. The number of carboxylic acid groups (broad SMARTS) is 1. The highest BCUT2D eigenvalue weighted by molar-refractivity contribution is 8.02. The zero-order chi connectivity index (χ0) is 11.3. The summed E-state index contributed by atoms with van der Waals surface area (Å²) in [5.74, 6) is -1.08. The highest BCUT2D eigenvalue weighted by Crippen LogP contribution is 2.34. The fraction of sp³-hybridized carbons (Fsp3) is 0.800. The zero-order valence-corrected chi connectivity index (χ0v) is 9.59. The molecule has 15 heavy (non-hydrogen) atoms. The molecule has 1 N–H and O–H groups in total. The van der Waals surface area contributed by atoms with Crippen LogP contribution in [0.5, 0.6) is 0 Å². The zero-order valence-electron chi connectivity index (χ0n) is 8.77. The first-order valence-electron chi connectivity index (χ1n) is 5.20. The fourth-order valence-corrected chi connectivity index (χ4v) is 2.64. The SMILES string of the molecule is CCCCOC(=O)C1CCC(C(=O)O)S1. The number of rotatable bonds is 5. The number of aliphatic carboxylic acids is 1. The molecule has 0 aliphatic carbocycles. The first-order chi connectivity index (χ1) is 7.15. The molecule has 1 heterocycles. The van der Waals surface area contributed by atoms with Crippen LogP contribution in [0.4, 0.5) is 0 Å². The van der Waals surface area contributed by atoms with E-state index in [0.29, 0.717) is 19.4 Å². The third kappa shape index (κ3) is 3.74. The standard InChI is InChI=1S/C10H16O4S/c1-2-3-6-14-10(13)8-5-4-7(15-8)9(11)12/h7-8H,2-6H2,1H3,(H,11,12). The molecule has 1 rings (SSSR count). The summed E-state index contributed by atoms with van der Waals surface area (Å²) >= 11 is 1.21. The highest BCUT2D eigenvalue weighted by atomic mass is 32.2. The predicted octanol–water partition coefficient (Wildman–Crippen LogP) is 1.68. The maximum atomic E-state index is 11.5. The van der Waals surface area contributed by atoms with E-state index in [0.717, 1.165) is 12.8 Å². The van der Waals surface area contributed by atoms with Crippen molar-refractivity contribution in [3.05, 3.63) is 0 Å². The molecule has 0 radical (unpaired) electrons.